The summed E-state index contributed by atoms with van der Waals surface area (Å²) in [5.74, 6) is 0.788. The first-order chi connectivity index (χ1) is 8.24. The Hall–Kier alpha value is -2.47. The molecule has 0 radical (unpaired) electrons. The van der Waals surface area contributed by atoms with Crippen molar-refractivity contribution >= 4 is 5.69 Å². The minimum absolute atomic E-state index is 0.615. The molecule has 0 aromatic heterocycles. The summed E-state index contributed by atoms with van der Waals surface area (Å²) >= 11 is 0. The monoisotopic (exact) mass is 224 g/mol. The fraction of sp³-hybridized carbons (Fsp3) is 0.0714. The zero-order valence-electron chi connectivity index (χ0n) is 9.47. The van der Waals surface area contributed by atoms with Gasteiger partial charge >= 0.3 is 0 Å². The zero-order chi connectivity index (χ0) is 12.3. The molecular formula is C14H12N2O. The van der Waals surface area contributed by atoms with Crippen molar-refractivity contribution in [3.8, 4) is 22.9 Å². The fourth-order valence-electron chi connectivity index (χ4n) is 1.67. The van der Waals surface area contributed by atoms with Crippen molar-refractivity contribution in [2.24, 2.45) is 0 Å². The number of nitrogen functional groups attached to an aromatic ring is 1. The van der Waals surface area contributed by atoms with Crippen molar-refractivity contribution in [3.63, 3.8) is 0 Å². The number of ether oxygens (including phenoxy) is 1. The van der Waals surface area contributed by atoms with Gasteiger partial charge in [-0.15, -0.1) is 0 Å². The van der Waals surface area contributed by atoms with Gasteiger partial charge < -0.3 is 10.5 Å². The molecule has 0 bridgehead atoms. The van der Waals surface area contributed by atoms with Gasteiger partial charge in [-0.1, -0.05) is 12.1 Å². The molecule has 0 aliphatic rings. The van der Waals surface area contributed by atoms with Crippen molar-refractivity contribution < 1.29 is 4.74 Å². The number of nitrogens with zero attached hydrogens (tertiary/aromatic N) is 1. The summed E-state index contributed by atoms with van der Waals surface area (Å²) in [5, 5.41) is 9.06. The molecule has 84 valence electrons. The highest BCUT2D eigenvalue weighted by Gasteiger charge is 2.05. The Kier molecular flexibility index (Phi) is 2.97. The van der Waals surface area contributed by atoms with Crippen LogP contribution in [0.2, 0.25) is 0 Å². The largest absolute Gasteiger partial charge is 0.497 e. The first-order valence-electron chi connectivity index (χ1n) is 5.18. The summed E-state index contributed by atoms with van der Waals surface area (Å²) in [4.78, 5) is 0. The summed E-state index contributed by atoms with van der Waals surface area (Å²) < 4.78 is 5.10. The molecule has 0 aliphatic heterocycles. The summed E-state index contributed by atoms with van der Waals surface area (Å²) in [7, 11) is 1.62. The third kappa shape index (κ3) is 2.21. The average Bonchev–Trinajstić information content (AvgIpc) is 2.39. The van der Waals surface area contributed by atoms with Crippen molar-refractivity contribution in [1.82, 2.24) is 0 Å². The van der Waals surface area contributed by atoms with E-state index in [1.165, 1.54) is 0 Å². The van der Waals surface area contributed by atoms with Crippen molar-refractivity contribution in [2.75, 3.05) is 12.8 Å². The SMILES string of the molecule is COc1ccc(-c2cc(N)ccc2C#N)cc1. The van der Waals surface area contributed by atoms with E-state index in [9.17, 15) is 0 Å². The molecule has 0 aliphatic carbocycles. The molecule has 2 N–H and O–H groups in total. The third-order valence-electron chi connectivity index (χ3n) is 2.57. The first-order valence-corrected chi connectivity index (χ1v) is 5.18. The number of methoxy groups -OCH3 is 1. The van der Waals surface area contributed by atoms with Gasteiger partial charge in [0.2, 0.25) is 0 Å². The van der Waals surface area contributed by atoms with Crippen LogP contribution in [0.15, 0.2) is 42.5 Å². The molecule has 0 heterocycles. The van der Waals surface area contributed by atoms with Crippen molar-refractivity contribution in [2.45, 2.75) is 0 Å². The maximum Gasteiger partial charge on any atom is 0.118 e. The van der Waals surface area contributed by atoms with Crippen LogP contribution in [-0.2, 0) is 0 Å². The zero-order valence-corrected chi connectivity index (χ0v) is 9.47. The third-order valence-corrected chi connectivity index (χ3v) is 2.57. The van der Waals surface area contributed by atoms with Crippen LogP contribution in [0.1, 0.15) is 5.56 Å². The summed E-state index contributed by atoms with van der Waals surface area (Å²) in [6, 6.07) is 15.0. The number of rotatable bonds is 2. The van der Waals surface area contributed by atoms with Crippen LogP contribution >= 0.6 is 0 Å². The quantitative estimate of drug-likeness (QED) is 0.798. The molecular weight excluding hydrogens is 212 g/mol. The molecule has 0 unspecified atom stereocenters. The Balaban J connectivity index is 2.52. The van der Waals surface area contributed by atoms with Gasteiger partial charge in [0.1, 0.15) is 5.75 Å². The lowest BCUT2D eigenvalue weighted by Crippen LogP contribution is -1.90. The highest BCUT2D eigenvalue weighted by molar-refractivity contribution is 5.74. The van der Waals surface area contributed by atoms with E-state index in [0.29, 0.717) is 11.3 Å². The van der Waals surface area contributed by atoms with Crippen LogP contribution in [0.5, 0.6) is 5.75 Å². The second-order valence-electron chi connectivity index (χ2n) is 3.65. The second kappa shape index (κ2) is 4.58. The van der Waals surface area contributed by atoms with Crippen molar-refractivity contribution in [1.29, 1.82) is 5.26 Å². The van der Waals surface area contributed by atoms with E-state index in [2.05, 4.69) is 6.07 Å². The molecule has 17 heavy (non-hydrogen) atoms. The minimum atomic E-state index is 0.615. The topological polar surface area (TPSA) is 59.0 Å². The van der Waals surface area contributed by atoms with Gasteiger partial charge in [-0.05, 0) is 35.9 Å². The summed E-state index contributed by atoms with van der Waals surface area (Å²) in [6.07, 6.45) is 0. The molecule has 0 atom stereocenters. The lowest BCUT2D eigenvalue weighted by molar-refractivity contribution is 0.415. The Morgan fingerprint density at radius 2 is 1.82 bits per heavy atom. The molecule has 3 nitrogen and oxygen atoms in total. The molecule has 0 fully saturated rings. The molecule has 0 saturated heterocycles. The van der Waals surface area contributed by atoms with Crippen molar-refractivity contribution in [3.05, 3.63) is 48.0 Å². The van der Waals surface area contributed by atoms with E-state index in [1.807, 2.05) is 24.3 Å². The predicted octanol–water partition coefficient (Wildman–Crippen LogP) is 2.82. The van der Waals surface area contributed by atoms with Gasteiger partial charge in [-0.3, -0.25) is 0 Å². The minimum Gasteiger partial charge on any atom is -0.497 e. The van der Waals surface area contributed by atoms with E-state index in [0.717, 1.165) is 16.9 Å². The fourth-order valence-corrected chi connectivity index (χ4v) is 1.67. The van der Waals surface area contributed by atoms with Gasteiger partial charge in [-0.2, -0.15) is 5.26 Å². The lowest BCUT2D eigenvalue weighted by atomic mass is 10.00. The maximum atomic E-state index is 9.06. The van der Waals surface area contributed by atoms with Gasteiger partial charge in [0.25, 0.3) is 0 Å². The molecule has 0 amide bonds. The average molecular weight is 224 g/mol. The number of hydrogen-bond donors (Lipinski definition) is 1. The Morgan fingerprint density at radius 1 is 1.12 bits per heavy atom. The molecule has 3 heteroatoms. The van der Waals surface area contributed by atoms with E-state index < -0.39 is 0 Å². The molecule has 0 spiro atoms. The van der Waals surface area contributed by atoms with Gasteiger partial charge in [0.15, 0.2) is 0 Å². The number of anilines is 1. The molecule has 2 rings (SSSR count). The van der Waals surface area contributed by atoms with Gasteiger partial charge in [-0.25, -0.2) is 0 Å². The second-order valence-corrected chi connectivity index (χ2v) is 3.65. The van der Waals surface area contributed by atoms with Crippen LogP contribution in [0.25, 0.3) is 11.1 Å². The van der Waals surface area contributed by atoms with Gasteiger partial charge in [0.05, 0.1) is 18.7 Å². The Bertz CT molecular complexity index is 568. The summed E-state index contributed by atoms with van der Waals surface area (Å²) in [5.41, 5.74) is 8.80. The van der Waals surface area contributed by atoms with Gasteiger partial charge in [0, 0.05) is 11.3 Å². The first kappa shape index (κ1) is 11.0. The van der Waals surface area contributed by atoms with E-state index in [4.69, 9.17) is 15.7 Å². The Morgan fingerprint density at radius 3 is 2.41 bits per heavy atom. The van der Waals surface area contributed by atoms with E-state index >= 15 is 0 Å². The smallest absolute Gasteiger partial charge is 0.118 e. The van der Waals surface area contributed by atoms with Crippen LogP contribution < -0.4 is 10.5 Å². The lowest BCUT2D eigenvalue weighted by Gasteiger charge is -2.06. The summed E-state index contributed by atoms with van der Waals surface area (Å²) in [6.45, 7) is 0. The maximum absolute atomic E-state index is 9.06. The van der Waals surface area contributed by atoms with Crippen LogP contribution in [0, 0.1) is 11.3 Å². The Labute approximate surface area is 100 Å². The standard InChI is InChI=1S/C14H12N2O/c1-17-13-6-3-10(4-7-13)14-8-12(16)5-2-11(14)9-15/h2-8H,16H2,1H3. The highest BCUT2D eigenvalue weighted by atomic mass is 16.5. The molecule has 0 saturated carbocycles. The predicted molar refractivity (Wildman–Crippen MR) is 67.6 cm³/mol. The highest BCUT2D eigenvalue weighted by Crippen LogP contribution is 2.27. The van der Waals surface area contributed by atoms with Crippen LogP contribution in [0.3, 0.4) is 0 Å². The molecule has 2 aromatic carbocycles. The van der Waals surface area contributed by atoms with E-state index in [1.54, 1.807) is 25.3 Å². The normalized spacial score (nSPS) is 9.65. The number of nitriles is 1. The number of nitrogens with two attached hydrogens (primary N) is 1. The van der Waals surface area contributed by atoms with Crippen LogP contribution in [0.4, 0.5) is 5.69 Å². The molecule has 2 aromatic rings. The number of hydrogen-bond acceptors (Lipinski definition) is 3. The van der Waals surface area contributed by atoms with E-state index in [-0.39, 0.29) is 0 Å². The van der Waals surface area contributed by atoms with Crippen LogP contribution in [-0.4, -0.2) is 7.11 Å². The number of benzene rings is 2.